The number of hydrogen-bond acceptors (Lipinski definition) is 7. The van der Waals surface area contributed by atoms with Gasteiger partial charge in [0.1, 0.15) is 16.7 Å². The molecule has 1 N–H and O–H groups in total. The van der Waals surface area contributed by atoms with Crippen molar-refractivity contribution in [3.63, 3.8) is 0 Å². The van der Waals surface area contributed by atoms with E-state index in [0.29, 0.717) is 12.4 Å². The van der Waals surface area contributed by atoms with Gasteiger partial charge in [0.2, 0.25) is 5.91 Å². The number of alkyl halides is 1. The number of halogens is 1. The molecular weight excluding hydrogens is 379 g/mol. The second kappa shape index (κ2) is 8.24. The Morgan fingerprint density at radius 1 is 1.21 bits per heavy atom. The average molecular weight is 400 g/mol. The van der Waals surface area contributed by atoms with E-state index in [2.05, 4.69) is 30.6 Å². The van der Waals surface area contributed by atoms with Crippen LogP contribution in [0.15, 0.2) is 24.3 Å². The molecule has 7 nitrogen and oxygen atoms in total. The van der Waals surface area contributed by atoms with E-state index < -0.39 is 0 Å². The third-order valence-corrected chi connectivity index (χ3v) is 5.86. The van der Waals surface area contributed by atoms with Crippen molar-refractivity contribution in [2.75, 3.05) is 31.6 Å². The van der Waals surface area contributed by atoms with Gasteiger partial charge in [-0.3, -0.25) is 4.79 Å². The molecule has 28 heavy (non-hydrogen) atoms. The number of aromatic nitrogens is 4. The van der Waals surface area contributed by atoms with Crippen molar-refractivity contribution in [3.05, 3.63) is 29.3 Å². The van der Waals surface area contributed by atoms with Gasteiger partial charge >= 0.3 is 0 Å². The number of benzene rings is 1. The summed E-state index contributed by atoms with van der Waals surface area (Å²) in [4.78, 5) is 14.6. The van der Waals surface area contributed by atoms with Gasteiger partial charge in [-0.1, -0.05) is 11.3 Å². The summed E-state index contributed by atoms with van der Waals surface area (Å²) in [5.74, 6) is 0.308. The Bertz CT molecular complexity index is 985. The second-order valence-corrected chi connectivity index (χ2v) is 8.11. The second-order valence-electron chi connectivity index (χ2n) is 6.92. The van der Waals surface area contributed by atoms with E-state index in [1.165, 1.54) is 11.3 Å². The average Bonchev–Trinajstić information content (AvgIpc) is 3.14. The summed E-state index contributed by atoms with van der Waals surface area (Å²) in [6, 6.07) is 7.64. The molecule has 0 aliphatic carbocycles. The summed E-state index contributed by atoms with van der Waals surface area (Å²) in [5, 5.41) is 22.1. The Kier molecular flexibility index (Phi) is 5.54. The van der Waals surface area contributed by atoms with Crippen molar-refractivity contribution < 1.29 is 9.18 Å². The number of carbonyl (C=O) groups is 1. The lowest BCUT2D eigenvalue weighted by molar-refractivity contribution is -0.121. The van der Waals surface area contributed by atoms with Gasteiger partial charge < -0.3 is 10.2 Å². The molecule has 3 heterocycles. The largest absolute Gasteiger partial charge is 0.309 e. The summed E-state index contributed by atoms with van der Waals surface area (Å²) < 4.78 is 12.4. The maximum absolute atomic E-state index is 12.6. The molecule has 4 rings (SSSR count). The van der Waals surface area contributed by atoms with Crippen molar-refractivity contribution in [1.29, 1.82) is 0 Å². The predicted octanol–water partition coefficient (Wildman–Crippen LogP) is 3.08. The molecule has 1 amide bonds. The first kappa shape index (κ1) is 18.8. The van der Waals surface area contributed by atoms with Gasteiger partial charge in [0.15, 0.2) is 5.82 Å². The molecule has 0 saturated carbocycles. The van der Waals surface area contributed by atoms with Crippen LogP contribution in [0.2, 0.25) is 0 Å². The van der Waals surface area contributed by atoms with Gasteiger partial charge in [-0.15, -0.1) is 20.4 Å². The highest BCUT2D eigenvalue weighted by Gasteiger charge is 2.25. The van der Waals surface area contributed by atoms with Crippen molar-refractivity contribution in [3.8, 4) is 10.6 Å². The number of nitrogens with zero attached hydrogens (tertiary/aromatic N) is 5. The minimum absolute atomic E-state index is 0.0514. The maximum Gasteiger partial charge on any atom is 0.228 e. The van der Waals surface area contributed by atoms with E-state index >= 15 is 0 Å². The van der Waals surface area contributed by atoms with E-state index in [4.69, 9.17) is 0 Å². The Hall–Kier alpha value is -2.52. The van der Waals surface area contributed by atoms with Gasteiger partial charge in [-0.25, -0.2) is 4.39 Å². The van der Waals surface area contributed by atoms with Crippen molar-refractivity contribution in [2.45, 2.75) is 19.8 Å². The van der Waals surface area contributed by atoms with E-state index in [0.717, 1.165) is 52.4 Å². The zero-order chi connectivity index (χ0) is 19.5. The first-order valence-electron chi connectivity index (χ1n) is 9.29. The molecular formula is C19H21FN6OS. The van der Waals surface area contributed by atoms with E-state index in [9.17, 15) is 9.18 Å². The molecule has 9 heteroatoms. The highest BCUT2D eigenvalue weighted by Crippen LogP contribution is 2.27. The minimum Gasteiger partial charge on any atom is -0.309 e. The van der Waals surface area contributed by atoms with E-state index in [1.54, 1.807) is 0 Å². The zero-order valence-electron chi connectivity index (χ0n) is 15.6. The number of hydrogen-bond donors (Lipinski definition) is 1. The summed E-state index contributed by atoms with van der Waals surface area (Å²) in [5.41, 5.74) is 1.71. The zero-order valence-corrected chi connectivity index (χ0v) is 16.4. The fourth-order valence-corrected chi connectivity index (χ4v) is 4.11. The smallest absolute Gasteiger partial charge is 0.228 e. The summed E-state index contributed by atoms with van der Waals surface area (Å²) in [7, 11) is 0. The molecule has 0 radical (unpaired) electrons. The minimum atomic E-state index is -0.345. The van der Waals surface area contributed by atoms with Crippen LogP contribution in [0.1, 0.15) is 17.8 Å². The molecule has 2 aromatic heterocycles. The molecule has 146 valence electrons. The van der Waals surface area contributed by atoms with Gasteiger partial charge in [0, 0.05) is 23.4 Å². The number of aryl methyl sites for hydroxylation is 1. The Labute approximate surface area is 166 Å². The lowest BCUT2D eigenvalue weighted by Gasteiger charge is -2.30. The maximum atomic E-state index is 12.6. The van der Waals surface area contributed by atoms with Crippen LogP contribution in [-0.4, -0.2) is 57.5 Å². The summed E-state index contributed by atoms with van der Waals surface area (Å²) in [6.07, 6.45) is 1.46. The number of nitrogens with one attached hydrogen (secondary N) is 1. The SMILES string of the molecule is Cc1nnc(-c2ccc3nnc(NC(=O)C4CCN(CCF)CC4)cc3c2)s1. The Morgan fingerprint density at radius 3 is 2.75 bits per heavy atom. The molecule has 0 spiro atoms. The quantitative estimate of drug-likeness (QED) is 0.709. The van der Waals surface area contributed by atoms with Crippen LogP contribution in [0.25, 0.3) is 21.5 Å². The first-order valence-corrected chi connectivity index (χ1v) is 10.1. The number of piperidine rings is 1. The molecule has 1 aromatic carbocycles. The topological polar surface area (TPSA) is 83.9 Å². The van der Waals surface area contributed by atoms with Crippen LogP contribution >= 0.6 is 11.3 Å². The Morgan fingerprint density at radius 2 is 2.04 bits per heavy atom. The number of likely N-dealkylation sites (tertiary alicyclic amines) is 1. The number of amides is 1. The molecule has 0 atom stereocenters. The first-order chi connectivity index (χ1) is 13.6. The van der Waals surface area contributed by atoms with E-state index in [1.807, 2.05) is 31.2 Å². The molecule has 0 bridgehead atoms. The summed E-state index contributed by atoms with van der Waals surface area (Å²) in [6.45, 7) is 3.51. The molecule has 1 aliphatic heterocycles. The van der Waals surface area contributed by atoms with Crippen LogP contribution in [0.3, 0.4) is 0 Å². The van der Waals surface area contributed by atoms with Crippen LogP contribution in [0, 0.1) is 12.8 Å². The third-order valence-electron chi connectivity index (χ3n) is 4.97. The van der Waals surface area contributed by atoms with Crippen LogP contribution in [0.4, 0.5) is 10.2 Å². The predicted molar refractivity (Wildman–Crippen MR) is 107 cm³/mol. The number of rotatable bonds is 5. The van der Waals surface area contributed by atoms with E-state index in [-0.39, 0.29) is 18.5 Å². The standard InChI is InChI=1S/C19H21FN6OS/c1-12-22-25-19(28-12)14-2-3-16-15(10-14)11-17(24-23-16)21-18(27)13-4-7-26(8-5-13)9-6-20/h2-3,10-11,13H,4-9H2,1H3,(H,21,24,27). The Balaban J connectivity index is 1.47. The van der Waals surface area contributed by atoms with Crippen LogP contribution in [0.5, 0.6) is 0 Å². The van der Waals surface area contributed by atoms with Crippen molar-refractivity contribution >= 4 is 34.0 Å². The van der Waals surface area contributed by atoms with Crippen LogP contribution < -0.4 is 5.32 Å². The van der Waals surface area contributed by atoms with Gasteiger partial charge in [-0.05, 0) is 57.1 Å². The van der Waals surface area contributed by atoms with Crippen LogP contribution in [-0.2, 0) is 4.79 Å². The number of fused-ring (bicyclic) bond motifs is 1. The molecule has 3 aromatic rings. The lowest BCUT2D eigenvalue weighted by atomic mass is 9.96. The monoisotopic (exact) mass is 400 g/mol. The molecule has 1 aliphatic rings. The lowest BCUT2D eigenvalue weighted by Crippen LogP contribution is -2.39. The highest BCUT2D eigenvalue weighted by atomic mass is 32.1. The fourth-order valence-electron chi connectivity index (χ4n) is 3.42. The summed E-state index contributed by atoms with van der Waals surface area (Å²) >= 11 is 1.53. The normalized spacial score (nSPS) is 15.8. The number of carbonyl (C=O) groups excluding carboxylic acids is 1. The number of anilines is 1. The van der Waals surface area contributed by atoms with Crippen molar-refractivity contribution in [1.82, 2.24) is 25.3 Å². The molecule has 1 saturated heterocycles. The fraction of sp³-hybridized carbons (Fsp3) is 0.421. The molecule has 1 fully saturated rings. The third kappa shape index (κ3) is 4.15. The highest BCUT2D eigenvalue weighted by molar-refractivity contribution is 7.14. The van der Waals surface area contributed by atoms with Gasteiger partial charge in [0.05, 0.1) is 5.52 Å². The van der Waals surface area contributed by atoms with Gasteiger partial charge in [0.25, 0.3) is 0 Å². The van der Waals surface area contributed by atoms with Crippen molar-refractivity contribution in [2.24, 2.45) is 5.92 Å². The molecule has 0 unspecified atom stereocenters. The van der Waals surface area contributed by atoms with Gasteiger partial charge in [-0.2, -0.15) is 0 Å².